The Kier molecular flexibility index (Phi) is 3.36. The Morgan fingerprint density at radius 1 is 1.29 bits per heavy atom. The van der Waals surface area contributed by atoms with Crippen molar-refractivity contribution in [2.45, 2.75) is 38.5 Å². The van der Waals surface area contributed by atoms with E-state index < -0.39 is 5.92 Å². The molecule has 0 N–H and O–H groups in total. The van der Waals surface area contributed by atoms with E-state index in [9.17, 15) is 8.78 Å². The summed E-state index contributed by atoms with van der Waals surface area (Å²) in [5, 5.41) is 0. The molecule has 1 nitrogen and oxygen atoms in total. The van der Waals surface area contributed by atoms with E-state index in [-0.39, 0.29) is 13.0 Å². The molecule has 1 aromatic carbocycles. The zero-order chi connectivity index (χ0) is 12.5. The van der Waals surface area contributed by atoms with E-state index in [1.807, 2.05) is 12.1 Å². The summed E-state index contributed by atoms with van der Waals surface area (Å²) < 4.78 is 26.2. The molecule has 1 heterocycles. The number of hydrogen-bond acceptors (Lipinski definition) is 1. The van der Waals surface area contributed by atoms with Crippen LogP contribution in [-0.2, 0) is 0 Å². The predicted molar refractivity (Wildman–Crippen MR) is 66.9 cm³/mol. The van der Waals surface area contributed by atoms with Crippen LogP contribution in [0.1, 0.15) is 38.2 Å². The summed E-state index contributed by atoms with van der Waals surface area (Å²) in [6.45, 7) is 4.64. The second-order valence-corrected chi connectivity index (χ2v) is 4.93. The highest BCUT2D eigenvalue weighted by atomic mass is 19.3. The number of benzene rings is 1. The number of hydrogen-bond donors (Lipinski definition) is 0. The summed E-state index contributed by atoms with van der Waals surface area (Å²) in [6.07, 6.45) is 1.07. The van der Waals surface area contributed by atoms with E-state index in [2.05, 4.69) is 26.0 Å². The van der Waals surface area contributed by atoms with Gasteiger partial charge < -0.3 is 4.90 Å². The molecular formula is C14H19F2N. The fraction of sp³-hybridized carbons (Fsp3) is 0.571. The van der Waals surface area contributed by atoms with E-state index in [0.717, 1.165) is 12.1 Å². The molecule has 1 unspecified atom stereocenters. The van der Waals surface area contributed by atoms with Crippen LogP contribution in [0.15, 0.2) is 24.3 Å². The van der Waals surface area contributed by atoms with Crippen molar-refractivity contribution in [2.75, 3.05) is 18.0 Å². The summed E-state index contributed by atoms with van der Waals surface area (Å²) in [5.74, 6) is -1.99. The molecule has 1 fully saturated rings. The average molecular weight is 239 g/mol. The van der Waals surface area contributed by atoms with Gasteiger partial charge in [-0.1, -0.05) is 26.0 Å². The van der Waals surface area contributed by atoms with Gasteiger partial charge in [0.1, 0.15) is 0 Å². The largest absolute Gasteiger partial charge is 0.365 e. The predicted octanol–water partition coefficient (Wildman–Crippen LogP) is 4.05. The monoisotopic (exact) mass is 239 g/mol. The first-order valence-electron chi connectivity index (χ1n) is 6.24. The number of halogens is 2. The minimum Gasteiger partial charge on any atom is -0.365 e. The van der Waals surface area contributed by atoms with Crippen LogP contribution in [0, 0.1) is 0 Å². The van der Waals surface area contributed by atoms with Crippen LogP contribution in [0.3, 0.4) is 0 Å². The van der Waals surface area contributed by atoms with Crippen LogP contribution in [0.5, 0.6) is 0 Å². The van der Waals surface area contributed by atoms with Crippen molar-refractivity contribution in [2.24, 2.45) is 0 Å². The fourth-order valence-corrected chi connectivity index (χ4v) is 2.21. The Labute approximate surface area is 101 Å². The van der Waals surface area contributed by atoms with Crippen LogP contribution >= 0.6 is 0 Å². The quantitative estimate of drug-likeness (QED) is 0.769. The van der Waals surface area contributed by atoms with Crippen LogP contribution < -0.4 is 4.90 Å². The van der Waals surface area contributed by atoms with Crippen molar-refractivity contribution in [1.29, 1.82) is 0 Å². The maximum atomic E-state index is 13.1. The van der Waals surface area contributed by atoms with Gasteiger partial charge in [0.05, 0.1) is 6.54 Å². The van der Waals surface area contributed by atoms with Gasteiger partial charge in [-0.25, -0.2) is 8.78 Å². The highest BCUT2D eigenvalue weighted by molar-refractivity contribution is 5.49. The standard InChI is InChI=1S/C14H19F2N/c1-3-11(2)12-4-6-13(7-5-12)17-9-8-14(15,16)10-17/h4-7,11H,3,8-10H2,1-2H3. The molecule has 0 amide bonds. The van der Waals surface area contributed by atoms with E-state index in [1.165, 1.54) is 5.56 Å². The van der Waals surface area contributed by atoms with Crippen molar-refractivity contribution >= 4 is 5.69 Å². The van der Waals surface area contributed by atoms with Gasteiger partial charge in [-0.2, -0.15) is 0 Å². The van der Waals surface area contributed by atoms with E-state index in [0.29, 0.717) is 12.5 Å². The van der Waals surface area contributed by atoms with Gasteiger partial charge in [-0.15, -0.1) is 0 Å². The molecule has 1 atom stereocenters. The molecule has 0 bridgehead atoms. The molecule has 0 aromatic heterocycles. The highest BCUT2D eigenvalue weighted by Crippen LogP contribution is 2.31. The summed E-state index contributed by atoms with van der Waals surface area (Å²) >= 11 is 0. The number of alkyl halides is 2. The first kappa shape index (κ1) is 12.3. The molecule has 0 saturated carbocycles. The molecule has 1 aliphatic heterocycles. The van der Waals surface area contributed by atoms with Crippen LogP contribution in [-0.4, -0.2) is 19.0 Å². The summed E-state index contributed by atoms with van der Waals surface area (Å²) in [6, 6.07) is 8.03. The Bertz CT molecular complexity index is 372. The summed E-state index contributed by atoms with van der Waals surface area (Å²) in [4.78, 5) is 1.76. The number of nitrogens with zero attached hydrogens (tertiary/aromatic N) is 1. The first-order chi connectivity index (χ1) is 8.02. The summed E-state index contributed by atoms with van der Waals surface area (Å²) in [5.41, 5.74) is 2.19. The molecule has 17 heavy (non-hydrogen) atoms. The van der Waals surface area contributed by atoms with Crippen molar-refractivity contribution in [3.63, 3.8) is 0 Å². The van der Waals surface area contributed by atoms with Crippen LogP contribution in [0.25, 0.3) is 0 Å². The van der Waals surface area contributed by atoms with Crippen molar-refractivity contribution in [3.05, 3.63) is 29.8 Å². The zero-order valence-electron chi connectivity index (χ0n) is 10.4. The molecule has 3 heteroatoms. The Balaban J connectivity index is 2.09. The highest BCUT2D eigenvalue weighted by Gasteiger charge is 2.38. The molecule has 0 aliphatic carbocycles. The fourth-order valence-electron chi connectivity index (χ4n) is 2.21. The van der Waals surface area contributed by atoms with Crippen molar-refractivity contribution < 1.29 is 8.78 Å². The maximum absolute atomic E-state index is 13.1. The minimum absolute atomic E-state index is 0.0277. The molecule has 1 saturated heterocycles. The third kappa shape index (κ3) is 2.76. The lowest BCUT2D eigenvalue weighted by molar-refractivity contribution is 0.0257. The third-order valence-electron chi connectivity index (χ3n) is 3.61. The Hall–Kier alpha value is -1.12. The average Bonchev–Trinajstić information content (AvgIpc) is 2.69. The zero-order valence-corrected chi connectivity index (χ0v) is 10.4. The van der Waals surface area contributed by atoms with Gasteiger partial charge in [-0.3, -0.25) is 0 Å². The van der Waals surface area contributed by atoms with E-state index in [4.69, 9.17) is 0 Å². The van der Waals surface area contributed by atoms with Gasteiger partial charge >= 0.3 is 0 Å². The summed E-state index contributed by atoms with van der Waals surface area (Å²) in [7, 11) is 0. The van der Waals surface area contributed by atoms with Crippen LogP contribution in [0.2, 0.25) is 0 Å². The maximum Gasteiger partial charge on any atom is 0.266 e. The van der Waals surface area contributed by atoms with Gasteiger partial charge in [0.25, 0.3) is 5.92 Å². The second kappa shape index (κ2) is 4.63. The normalized spacial score (nSPS) is 20.6. The smallest absolute Gasteiger partial charge is 0.266 e. The van der Waals surface area contributed by atoms with Crippen molar-refractivity contribution in [1.82, 2.24) is 0 Å². The second-order valence-electron chi connectivity index (χ2n) is 4.93. The SMILES string of the molecule is CCC(C)c1ccc(N2CCC(F)(F)C2)cc1. The molecule has 1 aromatic rings. The van der Waals surface area contributed by atoms with Gasteiger partial charge in [-0.05, 0) is 30.0 Å². The lowest BCUT2D eigenvalue weighted by Gasteiger charge is -2.19. The van der Waals surface area contributed by atoms with Gasteiger partial charge in [0, 0.05) is 18.7 Å². The van der Waals surface area contributed by atoms with Crippen LogP contribution in [0.4, 0.5) is 14.5 Å². The minimum atomic E-state index is -2.52. The van der Waals surface area contributed by atoms with E-state index >= 15 is 0 Å². The topological polar surface area (TPSA) is 3.24 Å². The third-order valence-corrected chi connectivity index (χ3v) is 3.61. The molecular weight excluding hydrogens is 220 g/mol. The molecule has 2 rings (SSSR count). The lowest BCUT2D eigenvalue weighted by Crippen LogP contribution is -2.24. The number of anilines is 1. The molecule has 0 radical (unpaired) electrons. The lowest BCUT2D eigenvalue weighted by atomic mass is 9.98. The molecule has 0 spiro atoms. The van der Waals surface area contributed by atoms with Gasteiger partial charge in [0.15, 0.2) is 0 Å². The number of rotatable bonds is 3. The van der Waals surface area contributed by atoms with E-state index in [1.54, 1.807) is 4.90 Å². The molecule has 1 aliphatic rings. The Morgan fingerprint density at radius 3 is 2.41 bits per heavy atom. The Morgan fingerprint density at radius 2 is 1.94 bits per heavy atom. The first-order valence-corrected chi connectivity index (χ1v) is 6.24. The molecule has 94 valence electrons. The van der Waals surface area contributed by atoms with Gasteiger partial charge in [0.2, 0.25) is 0 Å². The van der Waals surface area contributed by atoms with Crippen molar-refractivity contribution in [3.8, 4) is 0 Å².